The third kappa shape index (κ3) is 10.6. The second-order valence-electron chi connectivity index (χ2n) is 17.3. The van der Waals surface area contributed by atoms with Gasteiger partial charge in [0.2, 0.25) is 0 Å². The summed E-state index contributed by atoms with van der Waals surface area (Å²) in [4.78, 5) is 15.3. The molecule has 0 amide bonds. The molecule has 0 unspecified atom stereocenters. The molecule has 0 radical (unpaired) electrons. The van der Waals surface area contributed by atoms with E-state index in [9.17, 15) is 76.7 Å². The summed E-state index contributed by atoms with van der Waals surface area (Å²) in [6.45, 7) is -6.05. The summed E-state index contributed by atoms with van der Waals surface area (Å²) in [5, 5.41) is 175. The zero-order valence-electron chi connectivity index (χ0n) is 36.1. The number of hydrogen-bond donors (Lipinski definition) is 16. The Balaban J connectivity index is 1.21. The molecule has 12 bridgehead atoms. The number of aliphatic hydroxyl groups is 14. The number of fused-ring (bicyclic) bond motifs is 3. The Bertz CT molecular complexity index is 1630. The Morgan fingerprint density at radius 1 is 0.300 bits per heavy atom. The minimum atomic E-state index is -2.22. The van der Waals surface area contributed by atoms with E-state index in [-0.39, 0.29) is 0 Å². The molecule has 13 aliphatic rings. The van der Waals surface area contributed by atoms with Gasteiger partial charge in [-0.2, -0.15) is 9.78 Å². The van der Waals surface area contributed by atoms with Gasteiger partial charge in [0, 0.05) is 0 Å². The first-order valence-electron chi connectivity index (χ1n) is 21.9. The van der Waals surface area contributed by atoms with Crippen LogP contribution in [0.15, 0.2) is 0 Å². The van der Waals surface area contributed by atoms with Crippen LogP contribution >= 0.6 is 12.9 Å². The molecule has 34 heteroatoms. The van der Waals surface area contributed by atoms with Crippen molar-refractivity contribution in [3.8, 4) is 0 Å². The van der Waals surface area contributed by atoms with Gasteiger partial charge in [0.1, 0.15) is 128 Å². The summed E-state index contributed by atoms with van der Waals surface area (Å²) < 4.78 is 75.3. The van der Waals surface area contributed by atoms with Crippen molar-refractivity contribution in [3.63, 3.8) is 0 Å². The highest BCUT2D eigenvalue weighted by molar-refractivity contribution is 7.75. The molecule has 13 rings (SSSR count). The van der Waals surface area contributed by atoms with Crippen molar-refractivity contribution in [2.24, 2.45) is 0 Å². The summed E-state index contributed by atoms with van der Waals surface area (Å²) in [7, 11) is 0. The Hall–Kier alpha value is -0.970. The quantitative estimate of drug-likeness (QED) is 0.0464. The van der Waals surface area contributed by atoms with Crippen molar-refractivity contribution in [1.29, 1.82) is 0 Å². The van der Waals surface area contributed by atoms with Gasteiger partial charge in [0.15, 0.2) is 56.1 Å². The van der Waals surface area contributed by atoms with Gasteiger partial charge >= 0.3 is 0 Å². The van der Waals surface area contributed by atoms with E-state index in [1.54, 1.807) is 0 Å². The average Bonchev–Trinajstić information content (AvgIpc) is 3.36. The first-order valence-corrected chi connectivity index (χ1v) is 22.2. The number of aliphatic hydroxyl groups excluding tert-OH is 14. The van der Waals surface area contributed by atoms with Crippen molar-refractivity contribution in [2.75, 3.05) is 39.6 Å². The van der Waals surface area contributed by atoms with Crippen LogP contribution in [-0.2, 0) is 85.8 Å². The molecule has 0 aromatic rings. The van der Waals surface area contributed by atoms with Gasteiger partial charge in [0.25, 0.3) is 0 Å². The number of ether oxygens (including phenoxy) is 12. The maximum atomic E-state index is 11.8. The molecule has 15 N–H and O–H groups in total. The van der Waals surface area contributed by atoms with E-state index in [2.05, 4.69) is 17.8 Å². The van der Waals surface area contributed by atoms with Gasteiger partial charge in [-0.15, -0.1) is 0 Å². The number of hydrogen-bond acceptors (Lipinski definition) is 34. The van der Waals surface area contributed by atoms with Crippen LogP contribution < -0.4 is 0 Å². The molecule has 70 heavy (non-hydrogen) atoms. The van der Waals surface area contributed by atoms with Crippen LogP contribution in [0.2, 0.25) is 0 Å². The van der Waals surface area contributed by atoms with Gasteiger partial charge in [0.05, 0.1) is 39.6 Å². The van der Waals surface area contributed by atoms with Crippen LogP contribution in [-0.4, -0.2) is 301 Å². The Morgan fingerprint density at radius 2 is 0.571 bits per heavy atom. The molecule has 13 saturated heterocycles. The van der Waals surface area contributed by atoms with Crippen molar-refractivity contribution < 1.29 is 163 Å². The van der Waals surface area contributed by atoms with Crippen LogP contribution in [0, 0.1) is 0 Å². The Kier molecular flexibility index (Phi) is 18.9. The molecular formula is C36H58O33S. The third-order valence-corrected chi connectivity index (χ3v) is 13.4. The van der Waals surface area contributed by atoms with Crippen molar-refractivity contribution in [2.45, 2.75) is 184 Å². The van der Waals surface area contributed by atoms with E-state index in [0.717, 1.165) is 0 Å². The van der Waals surface area contributed by atoms with Crippen molar-refractivity contribution in [3.05, 3.63) is 0 Å². The smallest absolute Gasteiger partial charge is 0.187 e. The van der Waals surface area contributed by atoms with Gasteiger partial charge in [-0.25, -0.2) is 4.89 Å². The fourth-order valence-corrected chi connectivity index (χ4v) is 9.69. The van der Waals surface area contributed by atoms with E-state index in [1.807, 2.05) is 0 Å². The third-order valence-electron chi connectivity index (χ3n) is 13.1. The van der Waals surface area contributed by atoms with E-state index >= 15 is 0 Å². The monoisotopic (exact) mass is 1050 g/mol. The topological polar surface area (TPSA) is 470 Å². The first kappa shape index (κ1) is 55.3. The SMILES string of the molecule is OC[C@H]1O[C@@H]2O[C@@H]3[C@@H]4OOOO[C@@H]5[C@@H](O)[C@@H](O[C@H]6[C@H](O)[C@@H](O)[C@@H](O[C@H]7[C@H](O)[C@@H](O)[C@@H](O[C@@H]1[C@H](OO)[C@H]2O)O[C@@H]7CO)O[C@@H]6CO)O[C@H](CO)[C@@H]5O[C@H]1O[C@H](CO)[C@H](O[C@@H](O[C@@H]3CO)[C@@H]4O)[C@H](OS)[C@H]1O. The van der Waals surface area contributed by atoms with E-state index < -0.39 is 224 Å². The minimum absolute atomic E-state index is 0.926. The molecule has 33 nitrogen and oxygen atoms in total. The normalized spacial score (nSPS) is 53.8. The molecule has 13 heterocycles. The molecule has 0 aromatic heterocycles. The predicted molar refractivity (Wildman–Crippen MR) is 205 cm³/mol. The maximum absolute atomic E-state index is 11.8. The lowest BCUT2D eigenvalue weighted by Gasteiger charge is -2.50. The van der Waals surface area contributed by atoms with Gasteiger partial charge in [-0.3, -0.25) is 5.26 Å². The molecule has 13 fully saturated rings. The van der Waals surface area contributed by atoms with Crippen molar-refractivity contribution in [1.82, 2.24) is 0 Å². The highest BCUT2D eigenvalue weighted by atomic mass is 32.1. The summed E-state index contributed by atoms with van der Waals surface area (Å²) in [5.41, 5.74) is 0. The predicted octanol–water partition coefficient (Wildman–Crippen LogP) is -10.8. The van der Waals surface area contributed by atoms with Crippen LogP contribution in [0.3, 0.4) is 0 Å². The lowest BCUT2D eigenvalue weighted by Crippen LogP contribution is -2.69. The largest absolute Gasteiger partial charge is 0.394 e. The van der Waals surface area contributed by atoms with Crippen LogP contribution in [0.1, 0.15) is 0 Å². The molecule has 13 aliphatic heterocycles. The maximum Gasteiger partial charge on any atom is 0.187 e. The molecule has 0 saturated carbocycles. The number of thiol groups is 1. The molecule has 0 aliphatic carbocycles. The summed E-state index contributed by atoms with van der Waals surface area (Å²) >= 11 is 3.86. The second-order valence-corrected chi connectivity index (χ2v) is 17.5. The highest BCUT2D eigenvalue weighted by Crippen LogP contribution is 2.40. The van der Waals surface area contributed by atoms with Crippen LogP contribution in [0.4, 0.5) is 0 Å². The van der Waals surface area contributed by atoms with E-state index in [0.29, 0.717) is 0 Å². The fraction of sp³-hybridized carbons (Fsp3) is 1.00. The zero-order chi connectivity index (χ0) is 50.3. The minimum Gasteiger partial charge on any atom is -0.394 e. The Morgan fingerprint density at radius 3 is 0.914 bits per heavy atom. The zero-order valence-corrected chi connectivity index (χ0v) is 37.0. The van der Waals surface area contributed by atoms with Crippen LogP contribution in [0.5, 0.6) is 0 Å². The lowest BCUT2D eigenvalue weighted by atomic mass is 9.94. The summed E-state index contributed by atoms with van der Waals surface area (Å²) in [6.07, 6.45) is -58.1. The van der Waals surface area contributed by atoms with Crippen molar-refractivity contribution >= 4 is 12.9 Å². The van der Waals surface area contributed by atoms with Gasteiger partial charge < -0.3 is 133 Å². The first-order chi connectivity index (χ1) is 33.7. The van der Waals surface area contributed by atoms with Crippen LogP contribution in [0.25, 0.3) is 0 Å². The molecule has 406 valence electrons. The number of rotatable bonds is 8. The van der Waals surface area contributed by atoms with E-state index in [1.165, 1.54) is 0 Å². The van der Waals surface area contributed by atoms with E-state index in [4.69, 9.17) is 80.9 Å². The Labute approximate surface area is 399 Å². The summed E-state index contributed by atoms with van der Waals surface area (Å²) in [5.74, 6) is 0. The average molecular weight is 1050 g/mol. The molecule has 30 atom stereocenters. The standard InChI is InChI=1S/C36H58O33S/c37-1-7-21-14(44)16(46)32(53-7)60-23-9(3-39)54-33(17(47)27(23)64-51)61-24-11(5-41)56-35-19(49)29(24)66-69-68-65-28-18(48)34(59-22-8(2-38)52-31(58-21)15(45)13(22)43)55-10(4-40)25(28)62-36-20(50)30(67-70)26(63-35)12(6-42)57-36/h7-51,70H,1-6H2/t7-,8-,9-,10-,11-,12-,13-,14-,15-,16-,17-,18-,19-,20-,21-,22-,23+,24+,25+,26+,27-,28-,29-,30-,31-,32-,33-,34-,35-,36-/m1/s1. The highest BCUT2D eigenvalue weighted by Gasteiger charge is 2.60. The molecule has 0 aromatic carbocycles. The summed E-state index contributed by atoms with van der Waals surface area (Å²) in [6, 6.07) is 0. The van der Waals surface area contributed by atoms with Gasteiger partial charge in [-0.1, -0.05) is 0 Å². The lowest BCUT2D eigenvalue weighted by molar-refractivity contribution is -0.662. The molecule has 0 spiro atoms. The second kappa shape index (κ2) is 23.9. The fourth-order valence-electron chi connectivity index (χ4n) is 9.45. The van der Waals surface area contributed by atoms with Gasteiger partial charge in [-0.05, 0) is 23.0 Å². The molecular weight excluding hydrogens is 992 g/mol.